The van der Waals surface area contributed by atoms with E-state index < -0.39 is 0 Å². The smallest absolute Gasteiger partial charge is 0.223 e. The van der Waals surface area contributed by atoms with Gasteiger partial charge in [0.1, 0.15) is 0 Å². The van der Waals surface area contributed by atoms with Crippen molar-refractivity contribution in [3.8, 4) is 0 Å². The lowest BCUT2D eigenvalue weighted by molar-refractivity contribution is -0.131. The zero-order chi connectivity index (χ0) is 20.5. The number of benzene rings is 1. The van der Waals surface area contributed by atoms with Crippen LogP contribution in [-0.4, -0.2) is 50.6 Å². The van der Waals surface area contributed by atoms with Crippen molar-refractivity contribution in [3.05, 3.63) is 35.4 Å². The number of nitrogens with one attached hydrogen (secondary N) is 2. The molecule has 3 rings (SSSR count). The van der Waals surface area contributed by atoms with Crippen LogP contribution in [0.2, 0.25) is 0 Å². The number of carbonyl (C=O) groups is 1. The molecule has 1 aliphatic heterocycles. The number of nitrogens with zero attached hydrogens (tertiary/aromatic N) is 2. The molecule has 0 aromatic heterocycles. The molecule has 7 heteroatoms. The minimum absolute atomic E-state index is 0. The van der Waals surface area contributed by atoms with Gasteiger partial charge in [0.15, 0.2) is 5.96 Å². The Bertz CT molecular complexity index is 679. The van der Waals surface area contributed by atoms with Crippen LogP contribution in [0.15, 0.2) is 29.3 Å². The summed E-state index contributed by atoms with van der Waals surface area (Å²) in [5, 5.41) is 6.87. The van der Waals surface area contributed by atoms with Gasteiger partial charge in [-0.1, -0.05) is 37.1 Å². The van der Waals surface area contributed by atoms with Crippen LogP contribution in [0, 0.1) is 5.41 Å². The Hall–Kier alpha value is -1.35. The van der Waals surface area contributed by atoms with E-state index in [1.807, 2.05) is 17.0 Å². The van der Waals surface area contributed by atoms with Gasteiger partial charge in [-0.2, -0.15) is 0 Å². The number of carbonyl (C=O) groups excluding carboxylic acids is 1. The molecule has 0 saturated heterocycles. The molecule has 1 aromatic carbocycles. The average Bonchev–Trinajstić information content (AvgIpc) is 3.39. The molecule has 2 N–H and O–H groups in total. The third kappa shape index (κ3) is 6.83. The molecule has 0 bridgehead atoms. The summed E-state index contributed by atoms with van der Waals surface area (Å²) < 4.78 is 5.32. The van der Waals surface area contributed by atoms with Crippen molar-refractivity contribution in [2.24, 2.45) is 10.4 Å². The number of aliphatic imine (C=N–C) groups is 1. The summed E-state index contributed by atoms with van der Waals surface area (Å²) in [7, 11) is 3.58. The van der Waals surface area contributed by atoms with Gasteiger partial charge in [0.2, 0.25) is 5.91 Å². The lowest BCUT2D eigenvalue weighted by atomic mass is 9.83. The molecule has 1 saturated carbocycles. The van der Waals surface area contributed by atoms with Gasteiger partial charge in [0.25, 0.3) is 0 Å². The molecule has 1 amide bonds. The Labute approximate surface area is 198 Å². The largest absolute Gasteiger partial charge is 0.385 e. The predicted molar refractivity (Wildman–Crippen MR) is 132 cm³/mol. The van der Waals surface area contributed by atoms with E-state index in [0.717, 1.165) is 51.6 Å². The first kappa shape index (κ1) is 24.9. The lowest BCUT2D eigenvalue weighted by Crippen LogP contribution is -2.43. The number of guanidine groups is 1. The van der Waals surface area contributed by atoms with Crippen molar-refractivity contribution in [3.63, 3.8) is 0 Å². The van der Waals surface area contributed by atoms with E-state index in [1.54, 1.807) is 14.2 Å². The molecule has 0 spiro atoms. The molecule has 1 aliphatic carbocycles. The molecule has 2 aliphatic rings. The molecule has 0 atom stereocenters. The van der Waals surface area contributed by atoms with Crippen LogP contribution in [0.3, 0.4) is 0 Å². The first-order valence-electron chi connectivity index (χ1n) is 10.9. The molecule has 30 heavy (non-hydrogen) atoms. The zero-order valence-corrected chi connectivity index (χ0v) is 20.7. The summed E-state index contributed by atoms with van der Waals surface area (Å²) in [5.74, 6) is 1.06. The second-order valence-corrected chi connectivity index (χ2v) is 8.42. The highest BCUT2D eigenvalue weighted by atomic mass is 127. The predicted octanol–water partition coefficient (Wildman–Crippen LogP) is 3.69. The maximum atomic E-state index is 12.5. The zero-order valence-electron chi connectivity index (χ0n) is 18.4. The highest BCUT2D eigenvalue weighted by Crippen LogP contribution is 2.40. The van der Waals surface area contributed by atoms with E-state index in [2.05, 4.69) is 27.8 Å². The number of halogens is 1. The monoisotopic (exact) mass is 528 g/mol. The minimum Gasteiger partial charge on any atom is -0.385 e. The van der Waals surface area contributed by atoms with Gasteiger partial charge in [-0.3, -0.25) is 9.79 Å². The first-order chi connectivity index (χ1) is 14.2. The molecule has 0 radical (unpaired) electrons. The minimum atomic E-state index is 0. The number of hydrogen-bond donors (Lipinski definition) is 2. The maximum Gasteiger partial charge on any atom is 0.223 e. The Morgan fingerprint density at radius 1 is 1.17 bits per heavy atom. The number of rotatable bonds is 9. The third-order valence-electron chi connectivity index (χ3n) is 6.41. The van der Waals surface area contributed by atoms with Gasteiger partial charge in [0.05, 0.1) is 0 Å². The van der Waals surface area contributed by atoms with Crippen molar-refractivity contribution in [1.82, 2.24) is 15.5 Å². The van der Waals surface area contributed by atoms with E-state index in [4.69, 9.17) is 4.74 Å². The normalized spacial score (nSPS) is 17.4. The van der Waals surface area contributed by atoms with Crippen molar-refractivity contribution in [2.75, 3.05) is 33.9 Å². The quantitative estimate of drug-likeness (QED) is 0.222. The fraction of sp³-hybridized carbons (Fsp3) is 0.652. The van der Waals surface area contributed by atoms with Gasteiger partial charge in [-0.05, 0) is 42.2 Å². The molecule has 6 nitrogen and oxygen atoms in total. The second-order valence-electron chi connectivity index (χ2n) is 8.42. The van der Waals surface area contributed by atoms with Crippen LogP contribution in [0.5, 0.6) is 0 Å². The highest BCUT2D eigenvalue weighted by Gasteiger charge is 2.33. The number of hydrogen-bond acceptors (Lipinski definition) is 3. The van der Waals surface area contributed by atoms with Crippen molar-refractivity contribution in [1.29, 1.82) is 0 Å². The molecular weight excluding hydrogens is 491 g/mol. The van der Waals surface area contributed by atoms with Crippen LogP contribution in [0.25, 0.3) is 0 Å². The summed E-state index contributed by atoms with van der Waals surface area (Å²) >= 11 is 0. The molecule has 1 fully saturated rings. The molecular formula is C23H37IN4O2. The van der Waals surface area contributed by atoms with E-state index in [9.17, 15) is 4.79 Å². The summed E-state index contributed by atoms with van der Waals surface area (Å²) in [6, 6.07) is 8.31. The Morgan fingerprint density at radius 2 is 1.83 bits per heavy atom. The van der Waals surface area contributed by atoms with Gasteiger partial charge in [0, 0.05) is 53.4 Å². The summed E-state index contributed by atoms with van der Waals surface area (Å²) in [6.07, 6.45) is 7.59. The van der Waals surface area contributed by atoms with E-state index in [-0.39, 0.29) is 29.9 Å². The van der Waals surface area contributed by atoms with Crippen molar-refractivity contribution >= 4 is 35.8 Å². The Balaban J connectivity index is 0.00000320. The topological polar surface area (TPSA) is 66.0 Å². The summed E-state index contributed by atoms with van der Waals surface area (Å²) in [6.45, 7) is 3.99. The molecule has 0 unspecified atom stereocenters. The fourth-order valence-electron chi connectivity index (χ4n) is 4.56. The van der Waals surface area contributed by atoms with Gasteiger partial charge in [-0.15, -0.1) is 24.0 Å². The second kappa shape index (κ2) is 12.5. The van der Waals surface area contributed by atoms with Crippen LogP contribution >= 0.6 is 24.0 Å². The third-order valence-corrected chi connectivity index (χ3v) is 6.41. The lowest BCUT2D eigenvalue weighted by Gasteiger charge is -2.30. The standard InChI is InChI=1S/C23H36N4O2.HI/c1-24-22(26-18-23(13-15-29-2)11-5-6-12-23)25-14-7-10-21(28)27-16-19-8-3-4-9-20(19)17-27;/h3-4,8-9H,5-7,10-18H2,1-2H3,(H2,24,25,26);1H. The van der Waals surface area contributed by atoms with E-state index in [1.165, 1.54) is 36.8 Å². The van der Waals surface area contributed by atoms with Gasteiger partial charge in [-0.25, -0.2) is 0 Å². The van der Waals surface area contributed by atoms with Gasteiger partial charge < -0.3 is 20.3 Å². The fourth-order valence-corrected chi connectivity index (χ4v) is 4.56. The van der Waals surface area contributed by atoms with Crippen LogP contribution in [-0.2, 0) is 22.6 Å². The summed E-state index contributed by atoms with van der Waals surface area (Å²) in [4.78, 5) is 18.8. The summed E-state index contributed by atoms with van der Waals surface area (Å²) in [5.41, 5.74) is 2.88. The van der Waals surface area contributed by atoms with Crippen molar-refractivity contribution in [2.45, 2.75) is 58.0 Å². The SMILES string of the molecule is CN=C(NCCCC(=O)N1Cc2ccccc2C1)NCC1(CCOC)CCCC1.I. The van der Waals surface area contributed by atoms with Gasteiger partial charge >= 0.3 is 0 Å². The van der Waals surface area contributed by atoms with Crippen LogP contribution in [0.1, 0.15) is 56.1 Å². The number of ether oxygens (including phenoxy) is 1. The number of fused-ring (bicyclic) bond motifs is 1. The number of methoxy groups -OCH3 is 1. The first-order valence-corrected chi connectivity index (χ1v) is 10.9. The average molecular weight is 528 g/mol. The van der Waals surface area contributed by atoms with Crippen LogP contribution < -0.4 is 10.6 Å². The molecule has 1 heterocycles. The van der Waals surface area contributed by atoms with E-state index >= 15 is 0 Å². The Kier molecular flexibility index (Phi) is 10.4. The molecule has 1 aromatic rings. The van der Waals surface area contributed by atoms with Crippen LogP contribution in [0.4, 0.5) is 0 Å². The number of amides is 1. The van der Waals surface area contributed by atoms with E-state index in [0.29, 0.717) is 11.8 Å². The highest BCUT2D eigenvalue weighted by molar-refractivity contribution is 14.0. The Morgan fingerprint density at radius 3 is 2.43 bits per heavy atom. The van der Waals surface area contributed by atoms with Crippen molar-refractivity contribution < 1.29 is 9.53 Å². The molecule has 168 valence electrons. The maximum absolute atomic E-state index is 12.5.